The fraction of sp³-hybridized carbons (Fsp3) is 0.0769. The number of aromatic nitrogens is 1. The van der Waals surface area contributed by atoms with Crippen molar-refractivity contribution >= 4 is 45.9 Å². The van der Waals surface area contributed by atoms with Crippen LogP contribution in [0.5, 0.6) is 0 Å². The molecule has 0 fully saturated rings. The molecule has 92 valence electrons. The van der Waals surface area contributed by atoms with E-state index >= 15 is 0 Å². The lowest BCUT2D eigenvalue weighted by Gasteiger charge is -2.04. The maximum Gasteiger partial charge on any atom is 0.229 e. The van der Waals surface area contributed by atoms with Crippen molar-refractivity contribution in [2.45, 2.75) is 6.42 Å². The van der Waals surface area contributed by atoms with Gasteiger partial charge in [-0.05, 0) is 52.4 Å². The van der Waals surface area contributed by atoms with Crippen LogP contribution in [0.25, 0.3) is 0 Å². The van der Waals surface area contributed by atoms with E-state index in [9.17, 15) is 4.79 Å². The molecule has 2 aromatic rings. The Labute approximate surface area is 124 Å². The number of benzene rings is 1. The Kier molecular flexibility index (Phi) is 4.54. The fourth-order valence-electron chi connectivity index (χ4n) is 1.47. The molecule has 0 spiro atoms. The maximum absolute atomic E-state index is 11.8. The molecule has 0 aliphatic carbocycles. The van der Waals surface area contributed by atoms with Gasteiger partial charge in [0.1, 0.15) is 5.82 Å². The van der Waals surface area contributed by atoms with Gasteiger partial charge in [-0.2, -0.15) is 0 Å². The molecule has 0 aliphatic heterocycles. The fourth-order valence-corrected chi connectivity index (χ4v) is 2.00. The number of hydrogen-bond acceptors (Lipinski definition) is 2. The van der Waals surface area contributed by atoms with Crippen LogP contribution in [0.3, 0.4) is 0 Å². The molecule has 1 N–H and O–H groups in total. The van der Waals surface area contributed by atoms with E-state index in [-0.39, 0.29) is 12.3 Å². The normalized spacial score (nSPS) is 10.1. The number of nitrogens with one attached hydrogen (secondary N) is 1. The second-order valence-electron chi connectivity index (χ2n) is 3.72. The van der Waals surface area contributed by atoms with Gasteiger partial charge in [-0.15, -0.1) is 0 Å². The van der Waals surface area contributed by atoms with Gasteiger partial charge in [0.25, 0.3) is 0 Å². The van der Waals surface area contributed by atoms with Gasteiger partial charge in [0.2, 0.25) is 5.91 Å². The third kappa shape index (κ3) is 3.96. The maximum atomic E-state index is 11.8. The predicted octanol–water partition coefficient (Wildman–Crippen LogP) is 3.52. The second kappa shape index (κ2) is 6.15. The van der Waals surface area contributed by atoms with Crippen molar-refractivity contribution in [3.8, 4) is 0 Å². The number of anilines is 1. The summed E-state index contributed by atoms with van der Waals surface area (Å²) in [5.41, 5.74) is 0.880. The molecule has 0 aliphatic rings. The Hall–Kier alpha value is -1.14. The van der Waals surface area contributed by atoms with Crippen LogP contribution in [-0.4, -0.2) is 10.9 Å². The summed E-state index contributed by atoms with van der Waals surface area (Å²) >= 11 is 8.02. The summed E-state index contributed by atoms with van der Waals surface area (Å²) in [5, 5.41) is 3.37. The van der Waals surface area contributed by atoms with Crippen LogP contribution in [0.2, 0.25) is 5.02 Å². The van der Waals surface area contributed by atoms with E-state index in [0.717, 1.165) is 9.13 Å². The van der Waals surface area contributed by atoms with Crippen molar-refractivity contribution < 1.29 is 4.79 Å². The highest BCUT2D eigenvalue weighted by molar-refractivity contribution is 14.1. The molecular weight excluding hydrogens is 363 g/mol. The smallest absolute Gasteiger partial charge is 0.229 e. The Morgan fingerprint density at radius 3 is 2.83 bits per heavy atom. The van der Waals surface area contributed by atoms with Crippen molar-refractivity contribution in [1.29, 1.82) is 0 Å². The third-order valence-corrected chi connectivity index (χ3v) is 3.12. The van der Waals surface area contributed by atoms with Crippen LogP contribution in [0.1, 0.15) is 5.56 Å². The molecule has 0 saturated carbocycles. The number of halogens is 2. The van der Waals surface area contributed by atoms with Crippen molar-refractivity contribution in [3.05, 3.63) is 56.8 Å². The van der Waals surface area contributed by atoms with E-state index in [1.165, 1.54) is 0 Å². The highest BCUT2D eigenvalue weighted by atomic mass is 127. The Balaban J connectivity index is 1.98. The van der Waals surface area contributed by atoms with Crippen LogP contribution < -0.4 is 5.32 Å². The van der Waals surface area contributed by atoms with Crippen molar-refractivity contribution in [3.63, 3.8) is 0 Å². The van der Waals surface area contributed by atoms with Crippen molar-refractivity contribution in [2.75, 3.05) is 5.32 Å². The van der Waals surface area contributed by atoms with E-state index in [4.69, 9.17) is 11.6 Å². The number of hydrogen-bond donors (Lipinski definition) is 1. The highest BCUT2D eigenvalue weighted by Gasteiger charge is 2.05. The van der Waals surface area contributed by atoms with Gasteiger partial charge in [-0.3, -0.25) is 4.79 Å². The lowest BCUT2D eigenvalue weighted by molar-refractivity contribution is -0.115. The number of carbonyl (C=O) groups excluding carboxylic acids is 1. The molecule has 1 heterocycles. The molecule has 18 heavy (non-hydrogen) atoms. The summed E-state index contributed by atoms with van der Waals surface area (Å²) in [5.74, 6) is 0.452. The highest BCUT2D eigenvalue weighted by Crippen LogP contribution is 2.12. The molecule has 3 nitrogen and oxygen atoms in total. The number of rotatable bonds is 3. The molecule has 1 aromatic carbocycles. The molecule has 0 atom stereocenters. The summed E-state index contributed by atoms with van der Waals surface area (Å²) in [4.78, 5) is 15.9. The third-order valence-electron chi connectivity index (χ3n) is 2.25. The Morgan fingerprint density at radius 1 is 1.33 bits per heavy atom. The van der Waals surface area contributed by atoms with Crippen LogP contribution in [-0.2, 0) is 11.2 Å². The first-order valence-corrected chi connectivity index (χ1v) is 6.75. The van der Waals surface area contributed by atoms with Crippen LogP contribution >= 0.6 is 34.2 Å². The zero-order valence-electron chi connectivity index (χ0n) is 9.36. The molecule has 5 heteroatoms. The molecule has 1 aromatic heterocycles. The molecule has 0 bridgehead atoms. The van der Waals surface area contributed by atoms with Gasteiger partial charge in [-0.1, -0.05) is 23.7 Å². The summed E-state index contributed by atoms with van der Waals surface area (Å²) in [7, 11) is 0. The first-order chi connectivity index (χ1) is 8.63. The van der Waals surface area contributed by atoms with E-state index in [1.807, 2.05) is 18.2 Å². The summed E-state index contributed by atoms with van der Waals surface area (Å²) in [6.45, 7) is 0. The zero-order chi connectivity index (χ0) is 13.0. The monoisotopic (exact) mass is 372 g/mol. The van der Waals surface area contributed by atoms with E-state index < -0.39 is 0 Å². The molecule has 0 radical (unpaired) electrons. The van der Waals surface area contributed by atoms with Crippen LogP contribution in [0.4, 0.5) is 5.82 Å². The zero-order valence-corrected chi connectivity index (χ0v) is 12.3. The first kappa shape index (κ1) is 13.3. The van der Waals surface area contributed by atoms with Gasteiger partial charge < -0.3 is 5.32 Å². The van der Waals surface area contributed by atoms with E-state index in [1.54, 1.807) is 24.4 Å². The average molecular weight is 373 g/mol. The summed E-state index contributed by atoms with van der Waals surface area (Å²) in [6.07, 6.45) is 1.99. The van der Waals surface area contributed by atoms with Gasteiger partial charge in [0, 0.05) is 14.8 Å². The minimum atomic E-state index is -0.106. The summed E-state index contributed by atoms with van der Waals surface area (Å²) < 4.78 is 1.03. The quantitative estimate of drug-likeness (QED) is 0.838. The van der Waals surface area contributed by atoms with Gasteiger partial charge >= 0.3 is 0 Å². The Morgan fingerprint density at radius 2 is 2.17 bits per heavy atom. The lowest BCUT2D eigenvalue weighted by Crippen LogP contribution is -2.15. The van der Waals surface area contributed by atoms with Crippen molar-refractivity contribution in [2.24, 2.45) is 0 Å². The SMILES string of the molecule is O=C(Cc1cccc(Cl)c1)Nc1ccc(I)cn1. The predicted molar refractivity (Wildman–Crippen MR) is 80.7 cm³/mol. The Bertz CT molecular complexity index is 557. The lowest BCUT2D eigenvalue weighted by atomic mass is 10.1. The number of carbonyl (C=O) groups is 1. The second-order valence-corrected chi connectivity index (χ2v) is 5.40. The molecule has 0 unspecified atom stereocenters. The standard InChI is InChI=1S/C13H10ClIN2O/c14-10-3-1-2-9(6-10)7-13(18)17-12-5-4-11(15)8-16-12/h1-6,8H,7H2,(H,16,17,18). The largest absolute Gasteiger partial charge is 0.310 e. The van der Waals surface area contributed by atoms with Crippen molar-refractivity contribution in [1.82, 2.24) is 4.98 Å². The number of pyridine rings is 1. The number of nitrogens with zero attached hydrogens (tertiary/aromatic N) is 1. The molecule has 2 rings (SSSR count). The van der Waals surface area contributed by atoms with Gasteiger partial charge in [-0.25, -0.2) is 4.98 Å². The number of amides is 1. The average Bonchev–Trinajstić information content (AvgIpc) is 2.32. The minimum absolute atomic E-state index is 0.106. The van der Waals surface area contributed by atoms with E-state index in [0.29, 0.717) is 10.8 Å². The topological polar surface area (TPSA) is 42.0 Å². The molecule has 0 saturated heterocycles. The van der Waals surface area contributed by atoms with Crippen LogP contribution in [0, 0.1) is 3.57 Å². The molecular formula is C13H10ClIN2O. The molecule has 1 amide bonds. The minimum Gasteiger partial charge on any atom is -0.310 e. The van der Waals surface area contributed by atoms with Crippen LogP contribution in [0.15, 0.2) is 42.6 Å². The van der Waals surface area contributed by atoms with E-state index in [2.05, 4.69) is 32.9 Å². The first-order valence-electron chi connectivity index (χ1n) is 5.29. The van der Waals surface area contributed by atoms with Gasteiger partial charge in [0.05, 0.1) is 6.42 Å². The summed E-state index contributed by atoms with van der Waals surface area (Å²) in [6, 6.07) is 10.9. The van der Waals surface area contributed by atoms with Gasteiger partial charge in [0.15, 0.2) is 0 Å².